The van der Waals surface area contributed by atoms with Crippen LogP contribution in [-0.4, -0.2) is 30.0 Å². The van der Waals surface area contributed by atoms with E-state index in [1.54, 1.807) is 0 Å². The van der Waals surface area contributed by atoms with Gasteiger partial charge >= 0.3 is 0 Å². The molecule has 1 saturated heterocycles. The molecule has 2 aliphatic rings. The van der Waals surface area contributed by atoms with Gasteiger partial charge in [-0.1, -0.05) is 30.3 Å². The fourth-order valence-corrected chi connectivity index (χ4v) is 2.76. The molecule has 4 rings (SSSR count). The Morgan fingerprint density at radius 1 is 1.23 bits per heavy atom. The maximum Gasteiger partial charge on any atom is 0.175 e. The molecule has 0 saturated carbocycles. The van der Waals surface area contributed by atoms with E-state index in [9.17, 15) is 0 Å². The predicted octanol–water partition coefficient (Wildman–Crippen LogP) is 0.989. The fourth-order valence-electron chi connectivity index (χ4n) is 2.76. The van der Waals surface area contributed by atoms with Crippen molar-refractivity contribution in [1.29, 1.82) is 0 Å². The molecule has 7 nitrogen and oxygen atoms in total. The van der Waals surface area contributed by atoms with E-state index in [-0.39, 0.29) is 6.23 Å². The summed E-state index contributed by atoms with van der Waals surface area (Å²) in [4.78, 5) is 7.70. The van der Waals surface area contributed by atoms with Crippen LogP contribution in [0, 0.1) is 0 Å². The SMILES string of the molecule is c1ccc(CN2CCNc3nnc(C4NCNO4)cc32)cc1. The molecule has 3 heterocycles. The van der Waals surface area contributed by atoms with Gasteiger partial charge in [0.2, 0.25) is 0 Å². The van der Waals surface area contributed by atoms with Crippen LogP contribution in [-0.2, 0) is 11.4 Å². The van der Waals surface area contributed by atoms with Crippen LogP contribution in [0.1, 0.15) is 17.5 Å². The number of anilines is 2. The molecule has 0 spiro atoms. The third kappa shape index (κ3) is 2.61. The molecular weight excluding hydrogens is 280 g/mol. The number of hydrogen-bond acceptors (Lipinski definition) is 7. The van der Waals surface area contributed by atoms with Crippen molar-refractivity contribution in [3.05, 3.63) is 47.7 Å². The van der Waals surface area contributed by atoms with E-state index in [1.165, 1.54) is 5.56 Å². The Morgan fingerprint density at radius 3 is 2.95 bits per heavy atom. The van der Waals surface area contributed by atoms with Crippen molar-refractivity contribution in [2.24, 2.45) is 0 Å². The van der Waals surface area contributed by atoms with Gasteiger partial charge in [-0.3, -0.25) is 10.2 Å². The van der Waals surface area contributed by atoms with Crippen LogP contribution in [0.4, 0.5) is 11.5 Å². The topological polar surface area (TPSA) is 74.3 Å². The number of nitrogens with zero attached hydrogens (tertiary/aromatic N) is 3. The summed E-state index contributed by atoms with van der Waals surface area (Å²) in [6.45, 7) is 3.27. The van der Waals surface area contributed by atoms with Gasteiger partial charge in [-0.25, -0.2) is 0 Å². The van der Waals surface area contributed by atoms with Crippen LogP contribution in [0.25, 0.3) is 0 Å². The second-order valence-electron chi connectivity index (χ2n) is 5.36. The molecule has 1 aromatic carbocycles. The molecule has 0 radical (unpaired) electrons. The molecule has 1 fully saturated rings. The van der Waals surface area contributed by atoms with E-state index in [4.69, 9.17) is 4.84 Å². The van der Waals surface area contributed by atoms with Crippen LogP contribution in [0.2, 0.25) is 0 Å². The van der Waals surface area contributed by atoms with Crippen molar-refractivity contribution in [2.45, 2.75) is 12.8 Å². The van der Waals surface area contributed by atoms with Crippen molar-refractivity contribution in [2.75, 3.05) is 30.0 Å². The van der Waals surface area contributed by atoms with Crippen molar-refractivity contribution in [1.82, 2.24) is 21.0 Å². The van der Waals surface area contributed by atoms with Gasteiger partial charge in [0.05, 0.1) is 12.4 Å². The van der Waals surface area contributed by atoms with Gasteiger partial charge in [-0.15, -0.1) is 10.2 Å². The lowest BCUT2D eigenvalue weighted by molar-refractivity contribution is 0.0247. The number of hydroxylamine groups is 1. The van der Waals surface area contributed by atoms with Crippen molar-refractivity contribution in [3.63, 3.8) is 0 Å². The van der Waals surface area contributed by atoms with Crippen LogP contribution < -0.4 is 21.0 Å². The quantitative estimate of drug-likeness (QED) is 0.780. The Balaban J connectivity index is 1.62. The molecule has 7 heteroatoms. The van der Waals surface area contributed by atoms with Crippen LogP contribution in [0.15, 0.2) is 36.4 Å². The van der Waals surface area contributed by atoms with Crippen LogP contribution in [0.3, 0.4) is 0 Å². The average molecular weight is 298 g/mol. The highest BCUT2D eigenvalue weighted by Crippen LogP contribution is 2.30. The van der Waals surface area contributed by atoms with Crippen molar-refractivity contribution in [3.8, 4) is 0 Å². The first-order valence-electron chi connectivity index (χ1n) is 7.42. The molecule has 1 atom stereocenters. The fraction of sp³-hybridized carbons (Fsp3) is 0.333. The number of benzene rings is 1. The highest BCUT2D eigenvalue weighted by atomic mass is 16.7. The first-order valence-corrected chi connectivity index (χ1v) is 7.42. The molecule has 1 unspecified atom stereocenters. The van der Waals surface area contributed by atoms with E-state index in [0.29, 0.717) is 6.67 Å². The summed E-state index contributed by atoms with van der Waals surface area (Å²) in [6.07, 6.45) is -0.252. The van der Waals surface area contributed by atoms with Gasteiger partial charge in [0.15, 0.2) is 12.0 Å². The maximum absolute atomic E-state index is 5.38. The molecule has 2 aromatic rings. The number of aromatic nitrogens is 2. The second-order valence-corrected chi connectivity index (χ2v) is 5.36. The zero-order valence-corrected chi connectivity index (χ0v) is 12.1. The summed E-state index contributed by atoms with van der Waals surface area (Å²) < 4.78 is 0. The van der Waals surface area contributed by atoms with E-state index in [1.807, 2.05) is 12.1 Å². The first kappa shape index (κ1) is 13.4. The summed E-state index contributed by atoms with van der Waals surface area (Å²) in [7, 11) is 0. The minimum atomic E-state index is -0.252. The summed E-state index contributed by atoms with van der Waals surface area (Å²) in [5, 5.41) is 15.0. The Bertz CT molecular complexity index is 644. The number of fused-ring (bicyclic) bond motifs is 1. The molecular formula is C15H18N6O. The number of rotatable bonds is 3. The molecule has 3 N–H and O–H groups in total. The van der Waals surface area contributed by atoms with Crippen molar-refractivity contribution >= 4 is 11.5 Å². The highest BCUT2D eigenvalue weighted by Gasteiger charge is 2.24. The number of nitrogens with one attached hydrogen (secondary N) is 3. The zero-order chi connectivity index (χ0) is 14.8. The Hall–Kier alpha value is -2.22. The monoisotopic (exact) mass is 298 g/mol. The van der Waals surface area contributed by atoms with Gasteiger partial charge in [0.25, 0.3) is 0 Å². The third-order valence-electron chi connectivity index (χ3n) is 3.85. The van der Waals surface area contributed by atoms with E-state index < -0.39 is 0 Å². The lowest BCUT2D eigenvalue weighted by Gasteiger charge is -2.31. The first-order chi connectivity index (χ1) is 10.9. The van der Waals surface area contributed by atoms with Gasteiger partial charge < -0.3 is 10.2 Å². The molecule has 0 amide bonds. The average Bonchev–Trinajstić information content (AvgIpc) is 3.10. The summed E-state index contributed by atoms with van der Waals surface area (Å²) in [5.74, 6) is 0.830. The van der Waals surface area contributed by atoms with E-state index >= 15 is 0 Å². The Labute approximate surface area is 128 Å². The molecule has 114 valence electrons. The highest BCUT2D eigenvalue weighted by molar-refractivity contribution is 5.68. The van der Waals surface area contributed by atoms with Gasteiger partial charge in [-0.05, 0) is 11.6 Å². The molecule has 22 heavy (non-hydrogen) atoms. The Morgan fingerprint density at radius 2 is 2.14 bits per heavy atom. The smallest absolute Gasteiger partial charge is 0.175 e. The molecule has 0 bridgehead atoms. The minimum Gasteiger partial charge on any atom is -0.365 e. The largest absolute Gasteiger partial charge is 0.365 e. The molecule has 2 aliphatic heterocycles. The summed E-state index contributed by atoms with van der Waals surface area (Å²) in [6, 6.07) is 12.5. The second kappa shape index (κ2) is 5.88. The summed E-state index contributed by atoms with van der Waals surface area (Å²) >= 11 is 0. The molecule has 0 aliphatic carbocycles. The maximum atomic E-state index is 5.38. The minimum absolute atomic E-state index is 0.252. The van der Waals surface area contributed by atoms with Gasteiger partial charge in [0.1, 0.15) is 5.69 Å². The van der Waals surface area contributed by atoms with Gasteiger partial charge in [0, 0.05) is 19.6 Å². The normalized spacial score (nSPS) is 20.5. The van der Waals surface area contributed by atoms with E-state index in [0.717, 1.165) is 36.8 Å². The van der Waals surface area contributed by atoms with Crippen molar-refractivity contribution < 1.29 is 4.84 Å². The van der Waals surface area contributed by atoms with Crippen LogP contribution in [0.5, 0.6) is 0 Å². The standard InChI is InChI=1S/C15H18N6O/c1-2-4-11(5-3-1)9-21-7-6-16-14-13(21)8-12(19-20-14)15-17-10-18-22-15/h1-5,8,15,17-18H,6-7,9-10H2,(H,16,20). The molecule has 1 aromatic heterocycles. The number of hydrogen-bond donors (Lipinski definition) is 3. The summed E-state index contributed by atoms with van der Waals surface area (Å²) in [5.41, 5.74) is 5.93. The lowest BCUT2D eigenvalue weighted by Crippen LogP contribution is -2.34. The van der Waals surface area contributed by atoms with Gasteiger partial charge in [-0.2, -0.15) is 5.48 Å². The van der Waals surface area contributed by atoms with Crippen LogP contribution >= 0.6 is 0 Å². The Kier molecular flexibility index (Phi) is 3.59. The van der Waals surface area contributed by atoms with E-state index in [2.05, 4.69) is 55.5 Å². The third-order valence-corrected chi connectivity index (χ3v) is 3.85. The lowest BCUT2D eigenvalue weighted by atomic mass is 10.1. The predicted molar refractivity (Wildman–Crippen MR) is 83.0 cm³/mol. The zero-order valence-electron chi connectivity index (χ0n) is 12.1.